The van der Waals surface area contributed by atoms with E-state index < -0.39 is 0 Å². The Morgan fingerprint density at radius 2 is 1.97 bits per heavy atom. The first-order valence-corrected chi connectivity index (χ1v) is 10.4. The second kappa shape index (κ2) is 10.4. The number of piperidine rings is 1. The van der Waals surface area contributed by atoms with Gasteiger partial charge in [0.25, 0.3) is 5.91 Å². The molecule has 1 N–H and O–H groups in total. The normalized spacial score (nSPS) is 16.2. The molecule has 0 bridgehead atoms. The molecule has 0 aliphatic carbocycles. The molecular weight excluding hydrogens is 433 g/mol. The van der Waals surface area contributed by atoms with Crippen LogP contribution in [0.5, 0.6) is 0 Å². The molecule has 6 nitrogen and oxygen atoms in total. The molecule has 3 heterocycles. The highest BCUT2D eigenvalue weighted by molar-refractivity contribution is 6.06. The van der Waals surface area contributed by atoms with Crippen LogP contribution in [0, 0.1) is 6.92 Å². The van der Waals surface area contributed by atoms with Gasteiger partial charge in [-0.15, -0.1) is 24.8 Å². The van der Waals surface area contributed by atoms with Crippen molar-refractivity contribution in [3.05, 3.63) is 47.7 Å². The average molecular weight is 464 g/mol. The SMILES string of the molecule is CNC1CCCN(C(=O)c2cc(-c3ccccc3C)nc3c2cnn3C(C)C)C1.Cl.Cl. The summed E-state index contributed by atoms with van der Waals surface area (Å²) in [5.74, 6) is 0.0653. The molecule has 1 aliphatic rings. The molecule has 0 radical (unpaired) electrons. The minimum atomic E-state index is 0. The van der Waals surface area contributed by atoms with E-state index in [1.54, 1.807) is 6.20 Å². The average Bonchev–Trinajstić information content (AvgIpc) is 3.17. The van der Waals surface area contributed by atoms with Crippen LogP contribution in [0.2, 0.25) is 0 Å². The second-order valence-electron chi connectivity index (χ2n) is 8.17. The van der Waals surface area contributed by atoms with Crippen LogP contribution in [0.15, 0.2) is 36.5 Å². The molecule has 1 atom stereocenters. The Hall–Kier alpha value is -2.15. The maximum absolute atomic E-state index is 13.6. The van der Waals surface area contributed by atoms with Crippen molar-refractivity contribution >= 4 is 41.8 Å². The van der Waals surface area contributed by atoms with Gasteiger partial charge in [-0.05, 0) is 52.3 Å². The fraction of sp³-hybridized carbons (Fsp3) is 0.435. The monoisotopic (exact) mass is 463 g/mol. The van der Waals surface area contributed by atoms with Gasteiger partial charge in [0, 0.05) is 30.7 Å². The number of fused-ring (bicyclic) bond motifs is 1. The van der Waals surface area contributed by atoms with E-state index in [2.05, 4.69) is 43.3 Å². The van der Waals surface area contributed by atoms with Crippen LogP contribution < -0.4 is 5.32 Å². The molecule has 168 valence electrons. The number of aryl methyl sites for hydroxylation is 1. The molecule has 0 spiro atoms. The number of hydrogen-bond acceptors (Lipinski definition) is 4. The van der Waals surface area contributed by atoms with E-state index in [0.29, 0.717) is 11.6 Å². The fourth-order valence-corrected chi connectivity index (χ4v) is 4.14. The highest BCUT2D eigenvalue weighted by Gasteiger charge is 2.27. The van der Waals surface area contributed by atoms with E-state index in [4.69, 9.17) is 4.98 Å². The number of rotatable bonds is 4. The molecule has 1 saturated heterocycles. The Bertz CT molecular complexity index is 1050. The third-order valence-electron chi connectivity index (χ3n) is 5.82. The van der Waals surface area contributed by atoms with E-state index in [9.17, 15) is 4.79 Å². The first kappa shape index (κ1) is 25.1. The minimum Gasteiger partial charge on any atom is -0.337 e. The first-order chi connectivity index (χ1) is 14.0. The Kier molecular flexibility index (Phi) is 8.46. The summed E-state index contributed by atoms with van der Waals surface area (Å²) < 4.78 is 1.90. The molecule has 8 heteroatoms. The lowest BCUT2D eigenvalue weighted by molar-refractivity contribution is 0.0700. The van der Waals surface area contributed by atoms with Crippen molar-refractivity contribution in [1.82, 2.24) is 25.0 Å². The van der Waals surface area contributed by atoms with Crippen LogP contribution in [-0.4, -0.2) is 51.8 Å². The van der Waals surface area contributed by atoms with E-state index in [-0.39, 0.29) is 36.8 Å². The van der Waals surface area contributed by atoms with Crippen LogP contribution in [0.4, 0.5) is 0 Å². The van der Waals surface area contributed by atoms with E-state index >= 15 is 0 Å². The Morgan fingerprint density at radius 3 is 2.65 bits per heavy atom. The van der Waals surface area contributed by atoms with Gasteiger partial charge >= 0.3 is 0 Å². The van der Waals surface area contributed by atoms with Crippen LogP contribution in [-0.2, 0) is 0 Å². The Balaban J connectivity index is 0.00000171. The topological polar surface area (TPSA) is 63.1 Å². The number of nitrogens with zero attached hydrogens (tertiary/aromatic N) is 4. The van der Waals surface area contributed by atoms with Crippen LogP contribution >= 0.6 is 24.8 Å². The summed E-state index contributed by atoms with van der Waals surface area (Å²) in [6, 6.07) is 10.6. The first-order valence-electron chi connectivity index (χ1n) is 10.4. The number of pyridine rings is 1. The van der Waals surface area contributed by atoms with E-state index in [1.807, 2.05) is 34.8 Å². The predicted octanol–water partition coefficient (Wildman–Crippen LogP) is 4.66. The third-order valence-corrected chi connectivity index (χ3v) is 5.82. The van der Waals surface area contributed by atoms with Crippen LogP contribution in [0.25, 0.3) is 22.3 Å². The summed E-state index contributed by atoms with van der Waals surface area (Å²) in [6.45, 7) is 7.76. The molecule has 1 amide bonds. The molecule has 1 fully saturated rings. The van der Waals surface area contributed by atoms with Crippen molar-refractivity contribution in [3.63, 3.8) is 0 Å². The summed E-state index contributed by atoms with van der Waals surface area (Å²) in [6.07, 6.45) is 3.91. The van der Waals surface area contributed by atoms with Gasteiger partial charge in [-0.2, -0.15) is 5.10 Å². The van der Waals surface area contributed by atoms with Gasteiger partial charge in [0.15, 0.2) is 5.65 Å². The van der Waals surface area contributed by atoms with E-state index in [1.165, 1.54) is 0 Å². The molecule has 31 heavy (non-hydrogen) atoms. The fourth-order valence-electron chi connectivity index (χ4n) is 4.14. The van der Waals surface area contributed by atoms with Gasteiger partial charge in [0.2, 0.25) is 0 Å². The Morgan fingerprint density at radius 1 is 1.23 bits per heavy atom. The zero-order valence-corrected chi connectivity index (χ0v) is 20.1. The standard InChI is InChI=1S/C23H29N5O.2ClH/c1-15(2)28-22-20(13-25-28)19(23(29)27-11-7-9-17(14-27)24-4)12-21(26-22)18-10-6-5-8-16(18)3;;/h5-6,8,10,12-13,15,17,24H,7,9,11,14H2,1-4H3;2*1H. The van der Waals surface area contributed by atoms with Crippen LogP contribution in [0.3, 0.4) is 0 Å². The van der Waals surface area contributed by atoms with Crippen molar-refractivity contribution in [3.8, 4) is 11.3 Å². The van der Waals surface area contributed by atoms with Gasteiger partial charge < -0.3 is 10.2 Å². The van der Waals surface area contributed by atoms with Crippen molar-refractivity contribution < 1.29 is 4.79 Å². The minimum absolute atomic E-state index is 0. The van der Waals surface area contributed by atoms with Crippen molar-refractivity contribution in [1.29, 1.82) is 0 Å². The van der Waals surface area contributed by atoms with Crippen molar-refractivity contribution in [2.24, 2.45) is 0 Å². The lowest BCUT2D eigenvalue weighted by Gasteiger charge is -2.32. The quantitative estimate of drug-likeness (QED) is 0.611. The molecule has 3 aromatic rings. The lowest BCUT2D eigenvalue weighted by Crippen LogP contribution is -2.47. The molecule has 2 aromatic heterocycles. The number of halogens is 2. The number of carbonyl (C=O) groups excluding carboxylic acids is 1. The maximum atomic E-state index is 13.6. The number of likely N-dealkylation sites (N-methyl/N-ethyl adjacent to an activating group) is 1. The largest absolute Gasteiger partial charge is 0.337 e. The van der Waals surface area contributed by atoms with Gasteiger partial charge in [0.1, 0.15) is 0 Å². The van der Waals surface area contributed by atoms with Crippen LogP contribution in [0.1, 0.15) is 48.7 Å². The number of likely N-dealkylation sites (tertiary alicyclic amines) is 1. The van der Waals surface area contributed by atoms with Gasteiger partial charge in [-0.3, -0.25) is 4.79 Å². The smallest absolute Gasteiger partial charge is 0.254 e. The molecule has 4 rings (SSSR count). The van der Waals surface area contributed by atoms with Crippen molar-refractivity contribution in [2.75, 3.05) is 20.1 Å². The Labute approximate surface area is 196 Å². The zero-order valence-electron chi connectivity index (χ0n) is 18.5. The maximum Gasteiger partial charge on any atom is 0.254 e. The molecule has 0 saturated carbocycles. The lowest BCUT2D eigenvalue weighted by atomic mass is 10.0. The van der Waals surface area contributed by atoms with Gasteiger partial charge in [0.05, 0.1) is 22.8 Å². The molecular formula is C23H31Cl2N5O. The summed E-state index contributed by atoms with van der Waals surface area (Å²) in [4.78, 5) is 20.4. The number of benzene rings is 1. The zero-order chi connectivity index (χ0) is 20.5. The van der Waals surface area contributed by atoms with Gasteiger partial charge in [-0.25, -0.2) is 9.67 Å². The molecule has 1 aromatic carbocycles. The molecule has 1 unspecified atom stereocenters. The number of nitrogens with one attached hydrogen (secondary N) is 1. The highest BCUT2D eigenvalue weighted by atomic mass is 35.5. The van der Waals surface area contributed by atoms with Gasteiger partial charge in [-0.1, -0.05) is 24.3 Å². The van der Waals surface area contributed by atoms with E-state index in [0.717, 1.165) is 53.8 Å². The number of hydrogen-bond donors (Lipinski definition) is 1. The summed E-state index contributed by atoms with van der Waals surface area (Å²) in [5.41, 5.74) is 4.47. The number of amides is 1. The third kappa shape index (κ3) is 4.86. The summed E-state index contributed by atoms with van der Waals surface area (Å²) in [5, 5.41) is 8.69. The predicted molar refractivity (Wildman–Crippen MR) is 131 cm³/mol. The summed E-state index contributed by atoms with van der Waals surface area (Å²) in [7, 11) is 1.96. The number of carbonyl (C=O) groups is 1. The van der Waals surface area contributed by atoms with Crippen molar-refractivity contribution in [2.45, 2.75) is 45.7 Å². The highest BCUT2D eigenvalue weighted by Crippen LogP contribution is 2.29. The summed E-state index contributed by atoms with van der Waals surface area (Å²) >= 11 is 0. The number of aromatic nitrogens is 3. The molecule has 1 aliphatic heterocycles. The second-order valence-corrected chi connectivity index (χ2v) is 8.17.